The van der Waals surface area contributed by atoms with E-state index in [1.165, 1.54) is 6.92 Å². The first-order valence-electron chi connectivity index (χ1n) is 9.23. The Morgan fingerprint density at radius 3 is 2.59 bits per heavy atom. The Morgan fingerprint density at radius 2 is 1.96 bits per heavy atom. The molecular weight excluding hydrogens is 362 g/mol. The Labute approximate surface area is 161 Å². The van der Waals surface area contributed by atoms with Crippen LogP contribution in [-0.2, 0) is 34.7 Å². The van der Waals surface area contributed by atoms with Crippen LogP contribution in [0.15, 0.2) is 29.2 Å². The fraction of sp³-hybridized carbons (Fsp3) is 0.450. The third-order valence-electron chi connectivity index (χ3n) is 5.43. The van der Waals surface area contributed by atoms with Crippen molar-refractivity contribution in [1.82, 2.24) is 9.29 Å². The van der Waals surface area contributed by atoms with E-state index in [2.05, 4.69) is 15.4 Å². The Balaban J connectivity index is 1.73. The van der Waals surface area contributed by atoms with Crippen molar-refractivity contribution in [3.05, 3.63) is 46.8 Å². The largest absolute Gasteiger partial charge is 0.352 e. The van der Waals surface area contributed by atoms with E-state index in [-0.39, 0.29) is 10.8 Å². The number of aryl methyl sites for hydroxylation is 2. The van der Waals surface area contributed by atoms with Crippen LogP contribution in [0, 0.1) is 13.8 Å². The first-order chi connectivity index (χ1) is 12.7. The van der Waals surface area contributed by atoms with E-state index >= 15 is 0 Å². The molecule has 7 heteroatoms. The number of rotatable bonds is 5. The average molecular weight is 390 g/mol. The fourth-order valence-corrected chi connectivity index (χ4v) is 4.74. The quantitative estimate of drug-likeness (QED) is 0.854. The van der Waals surface area contributed by atoms with Crippen LogP contribution < -0.4 is 9.62 Å². The molecule has 0 radical (unpaired) electrons. The van der Waals surface area contributed by atoms with Gasteiger partial charge in [-0.15, -0.1) is 0 Å². The highest BCUT2D eigenvalue weighted by Crippen LogP contribution is 2.29. The fourth-order valence-electron chi connectivity index (χ4n) is 3.66. The van der Waals surface area contributed by atoms with Gasteiger partial charge in [0.2, 0.25) is 15.9 Å². The van der Waals surface area contributed by atoms with Crippen molar-refractivity contribution in [2.75, 3.05) is 18.0 Å². The van der Waals surface area contributed by atoms with Crippen LogP contribution in [0.2, 0.25) is 0 Å². The zero-order valence-corrected chi connectivity index (χ0v) is 17.2. The minimum Gasteiger partial charge on any atom is -0.352 e. The molecule has 0 fully saturated rings. The van der Waals surface area contributed by atoms with Crippen molar-refractivity contribution in [2.24, 2.45) is 7.05 Å². The molecule has 0 aliphatic carbocycles. The van der Waals surface area contributed by atoms with Crippen molar-refractivity contribution in [1.29, 1.82) is 0 Å². The maximum absolute atomic E-state index is 12.7. The molecule has 1 aliphatic heterocycles. The summed E-state index contributed by atoms with van der Waals surface area (Å²) < 4.78 is 30.2. The molecule has 0 saturated carbocycles. The molecule has 1 aromatic heterocycles. The van der Waals surface area contributed by atoms with Crippen LogP contribution in [0.3, 0.4) is 0 Å². The number of hydrogen-bond donors (Lipinski definition) is 1. The molecule has 0 bridgehead atoms. The first kappa shape index (κ1) is 19.6. The van der Waals surface area contributed by atoms with Gasteiger partial charge in [0.15, 0.2) is 0 Å². The Kier molecular flexibility index (Phi) is 5.44. The number of aromatic nitrogens is 1. The second-order valence-corrected chi connectivity index (χ2v) is 8.93. The molecule has 1 aromatic carbocycles. The molecule has 6 nitrogen and oxygen atoms in total. The van der Waals surface area contributed by atoms with E-state index < -0.39 is 10.0 Å². The highest BCUT2D eigenvalue weighted by Gasteiger charge is 2.23. The molecule has 0 saturated heterocycles. The number of fused-ring (bicyclic) bond motifs is 1. The monoisotopic (exact) mass is 389 g/mol. The van der Waals surface area contributed by atoms with Gasteiger partial charge in [-0.05, 0) is 68.5 Å². The maximum atomic E-state index is 12.7. The zero-order chi connectivity index (χ0) is 19.8. The van der Waals surface area contributed by atoms with Gasteiger partial charge in [0.1, 0.15) is 0 Å². The zero-order valence-electron chi connectivity index (χ0n) is 16.4. The number of nitrogens with zero attached hydrogens (tertiary/aromatic N) is 2. The lowest BCUT2D eigenvalue weighted by Gasteiger charge is -2.28. The number of anilines is 1. The Hall–Kier alpha value is -2.12. The molecule has 3 rings (SSSR count). The Morgan fingerprint density at radius 1 is 1.22 bits per heavy atom. The highest BCUT2D eigenvalue weighted by molar-refractivity contribution is 7.89. The third kappa shape index (κ3) is 3.94. The topological polar surface area (TPSA) is 71.4 Å². The van der Waals surface area contributed by atoms with Crippen molar-refractivity contribution in [3.8, 4) is 0 Å². The molecular formula is C20H27N3O3S. The lowest BCUT2D eigenvalue weighted by Crippen LogP contribution is -2.33. The van der Waals surface area contributed by atoms with Gasteiger partial charge in [-0.2, -0.15) is 0 Å². The number of carbonyl (C=O) groups excluding carboxylic acids is 1. The summed E-state index contributed by atoms with van der Waals surface area (Å²) in [7, 11) is -1.57. The van der Waals surface area contributed by atoms with Gasteiger partial charge in [-0.3, -0.25) is 4.79 Å². The number of sulfonamides is 1. The number of benzene rings is 1. The lowest BCUT2D eigenvalue weighted by molar-refractivity contribution is -0.116. The van der Waals surface area contributed by atoms with E-state index in [0.29, 0.717) is 19.5 Å². The number of carbonyl (C=O) groups is 1. The summed E-state index contributed by atoms with van der Waals surface area (Å²) in [6.45, 7) is 6.65. The van der Waals surface area contributed by atoms with Gasteiger partial charge >= 0.3 is 0 Å². The second kappa shape index (κ2) is 7.48. The van der Waals surface area contributed by atoms with Gasteiger partial charge in [-0.25, -0.2) is 13.1 Å². The highest BCUT2D eigenvalue weighted by atomic mass is 32.2. The molecule has 2 heterocycles. The third-order valence-corrected chi connectivity index (χ3v) is 6.89. The summed E-state index contributed by atoms with van der Waals surface area (Å²) in [5.74, 6) is -0.0155. The van der Waals surface area contributed by atoms with Crippen molar-refractivity contribution >= 4 is 21.6 Å². The van der Waals surface area contributed by atoms with E-state index in [1.807, 2.05) is 20.9 Å². The summed E-state index contributed by atoms with van der Waals surface area (Å²) in [5, 5.41) is 0. The summed E-state index contributed by atoms with van der Waals surface area (Å²) >= 11 is 0. The van der Waals surface area contributed by atoms with Gasteiger partial charge in [0.05, 0.1) is 4.90 Å². The van der Waals surface area contributed by atoms with Crippen LogP contribution in [-0.4, -0.2) is 32.0 Å². The predicted molar refractivity (Wildman–Crippen MR) is 107 cm³/mol. The van der Waals surface area contributed by atoms with Crippen LogP contribution in [0.5, 0.6) is 0 Å². The molecule has 2 aromatic rings. The van der Waals surface area contributed by atoms with Crippen LogP contribution in [0.1, 0.15) is 35.9 Å². The van der Waals surface area contributed by atoms with Crippen LogP contribution in [0.4, 0.5) is 5.69 Å². The molecule has 146 valence electrons. The van der Waals surface area contributed by atoms with Crippen molar-refractivity contribution in [3.63, 3.8) is 0 Å². The van der Waals surface area contributed by atoms with Crippen LogP contribution in [0.25, 0.3) is 0 Å². The average Bonchev–Trinajstić information content (AvgIpc) is 2.87. The second-order valence-electron chi connectivity index (χ2n) is 7.17. The molecule has 0 atom stereocenters. The predicted octanol–water partition coefficient (Wildman–Crippen LogP) is 2.46. The van der Waals surface area contributed by atoms with E-state index in [9.17, 15) is 13.2 Å². The van der Waals surface area contributed by atoms with E-state index in [0.717, 1.165) is 41.0 Å². The van der Waals surface area contributed by atoms with E-state index in [4.69, 9.17) is 0 Å². The SMILES string of the molecule is CC(=O)N1CCCc2cc(S(=O)(=O)NCCc3cc(C)n(C)c3C)ccc21. The molecule has 27 heavy (non-hydrogen) atoms. The van der Waals surface area contributed by atoms with Crippen molar-refractivity contribution < 1.29 is 13.2 Å². The minimum absolute atomic E-state index is 0.0155. The number of nitrogens with one attached hydrogen (secondary N) is 1. The molecule has 1 N–H and O–H groups in total. The summed E-state index contributed by atoms with van der Waals surface area (Å²) in [6.07, 6.45) is 2.27. The number of amides is 1. The summed E-state index contributed by atoms with van der Waals surface area (Å²) in [6, 6.07) is 7.12. The number of hydrogen-bond acceptors (Lipinski definition) is 3. The summed E-state index contributed by atoms with van der Waals surface area (Å²) in [4.78, 5) is 13.7. The first-order valence-corrected chi connectivity index (χ1v) is 10.7. The molecule has 1 amide bonds. The van der Waals surface area contributed by atoms with Gasteiger partial charge in [0, 0.05) is 44.1 Å². The molecule has 0 unspecified atom stereocenters. The standard InChI is InChI=1S/C20H27N3O3S/c1-14-12-17(15(2)22(14)4)9-10-21-27(25,26)19-7-8-20-18(13-19)6-5-11-23(20)16(3)24/h7-8,12-13,21H,5-6,9-11H2,1-4H3. The minimum atomic E-state index is -3.58. The van der Waals surface area contributed by atoms with Gasteiger partial charge < -0.3 is 9.47 Å². The molecule has 0 spiro atoms. The Bertz CT molecular complexity index is 977. The summed E-state index contributed by atoms with van der Waals surface area (Å²) in [5.41, 5.74) is 5.21. The normalized spacial score (nSPS) is 14.3. The van der Waals surface area contributed by atoms with Gasteiger partial charge in [-0.1, -0.05) is 0 Å². The smallest absolute Gasteiger partial charge is 0.240 e. The van der Waals surface area contributed by atoms with Crippen molar-refractivity contribution in [2.45, 2.75) is 44.9 Å². The van der Waals surface area contributed by atoms with Gasteiger partial charge in [0.25, 0.3) is 0 Å². The van der Waals surface area contributed by atoms with E-state index in [1.54, 1.807) is 23.1 Å². The lowest BCUT2D eigenvalue weighted by atomic mass is 10.0. The van der Waals surface area contributed by atoms with Crippen LogP contribution >= 0.6 is 0 Å². The molecule has 1 aliphatic rings. The maximum Gasteiger partial charge on any atom is 0.240 e.